The Labute approximate surface area is 162 Å². The average molecular weight is 379 g/mol. The molecule has 0 fully saturated rings. The molecule has 28 heavy (non-hydrogen) atoms. The van der Waals surface area contributed by atoms with Crippen molar-refractivity contribution in [2.24, 2.45) is 0 Å². The van der Waals surface area contributed by atoms with Crippen molar-refractivity contribution < 1.29 is 13.2 Å². The summed E-state index contributed by atoms with van der Waals surface area (Å²) in [4.78, 5) is 2.09. The monoisotopic (exact) mass is 379 g/mol. The average Bonchev–Trinajstić information content (AvgIpc) is 2.68. The fourth-order valence-corrected chi connectivity index (χ4v) is 3.76. The summed E-state index contributed by atoms with van der Waals surface area (Å²) in [5.41, 5.74) is 1.09. The largest absolute Gasteiger partial charge is 0.416 e. The van der Waals surface area contributed by atoms with Crippen LogP contribution in [0, 0.1) is 0 Å². The van der Waals surface area contributed by atoms with E-state index in [1.807, 2.05) is 38.1 Å². The zero-order valence-corrected chi connectivity index (χ0v) is 15.7. The van der Waals surface area contributed by atoms with Crippen LogP contribution in [0.2, 0.25) is 0 Å². The minimum atomic E-state index is -4.34. The van der Waals surface area contributed by atoms with E-state index in [1.54, 1.807) is 12.1 Å². The third-order valence-electron chi connectivity index (χ3n) is 4.99. The van der Waals surface area contributed by atoms with Crippen LogP contribution in [-0.2, 0) is 6.18 Å². The summed E-state index contributed by atoms with van der Waals surface area (Å²) in [6.45, 7) is 4.09. The molecule has 0 saturated heterocycles. The summed E-state index contributed by atoms with van der Waals surface area (Å²) in [6.07, 6.45) is -4.34. The molecule has 0 aliphatic rings. The number of anilines is 2. The van der Waals surface area contributed by atoms with Crippen LogP contribution in [0.1, 0.15) is 19.4 Å². The first kappa shape index (κ1) is 18.4. The molecule has 0 saturated carbocycles. The Kier molecular flexibility index (Phi) is 4.50. The van der Waals surface area contributed by atoms with Crippen molar-refractivity contribution in [2.75, 3.05) is 4.90 Å². The molecular formula is C24H20F3N. The minimum absolute atomic E-state index is 0.0707. The standard InChI is InChI=1S/C24H20F3N/c1-16(2)28(19-13-11-18(12-14-19)24(25,26)27)23-15-17-7-3-4-8-20(17)21-9-5-6-10-22(21)23/h3-16H,1-2H3. The van der Waals surface area contributed by atoms with Crippen LogP contribution in [0.5, 0.6) is 0 Å². The molecule has 4 heteroatoms. The summed E-state index contributed by atoms with van der Waals surface area (Å²) in [6, 6.07) is 23.9. The Hall–Kier alpha value is -3.01. The third-order valence-corrected chi connectivity index (χ3v) is 4.99. The van der Waals surface area contributed by atoms with Crippen LogP contribution in [0.25, 0.3) is 21.5 Å². The van der Waals surface area contributed by atoms with Gasteiger partial charge in [0, 0.05) is 22.8 Å². The normalized spacial score (nSPS) is 12.1. The quantitative estimate of drug-likeness (QED) is 0.332. The first-order chi connectivity index (χ1) is 13.4. The first-order valence-electron chi connectivity index (χ1n) is 9.23. The molecular weight excluding hydrogens is 359 g/mol. The Morgan fingerprint density at radius 3 is 1.89 bits per heavy atom. The second-order valence-corrected chi connectivity index (χ2v) is 7.17. The van der Waals surface area contributed by atoms with Crippen LogP contribution in [0.3, 0.4) is 0 Å². The van der Waals surface area contributed by atoms with Gasteiger partial charge < -0.3 is 4.90 Å². The molecule has 0 amide bonds. The van der Waals surface area contributed by atoms with Gasteiger partial charge in [-0.2, -0.15) is 13.2 Å². The van der Waals surface area contributed by atoms with E-state index in [4.69, 9.17) is 0 Å². The molecule has 142 valence electrons. The number of hydrogen-bond acceptors (Lipinski definition) is 1. The van der Waals surface area contributed by atoms with Crippen molar-refractivity contribution in [3.05, 3.63) is 84.4 Å². The van der Waals surface area contributed by atoms with Gasteiger partial charge in [0.2, 0.25) is 0 Å². The lowest BCUT2D eigenvalue weighted by Gasteiger charge is -2.31. The van der Waals surface area contributed by atoms with E-state index in [9.17, 15) is 13.2 Å². The Morgan fingerprint density at radius 2 is 1.29 bits per heavy atom. The highest BCUT2D eigenvalue weighted by Crippen LogP contribution is 2.39. The molecule has 0 N–H and O–H groups in total. The van der Waals surface area contributed by atoms with E-state index in [2.05, 4.69) is 35.2 Å². The van der Waals surface area contributed by atoms with E-state index < -0.39 is 11.7 Å². The van der Waals surface area contributed by atoms with Crippen LogP contribution in [-0.4, -0.2) is 6.04 Å². The number of nitrogens with zero attached hydrogens (tertiary/aromatic N) is 1. The molecule has 0 aliphatic heterocycles. The van der Waals surface area contributed by atoms with Gasteiger partial charge in [-0.3, -0.25) is 0 Å². The van der Waals surface area contributed by atoms with E-state index >= 15 is 0 Å². The van der Waals surface area contributed by atoms with E-state index in [0.717, 1.165) is 45.1 Å². The SMILES string of the molecule is CC(C)N(c1ccc(C(F)(F)F)cc1)c1cc2ccccc2c2ccccc12. The molecule has 0 bridgehead atoms. The number of rotatable bonds is 3. The van der Waals surface area contributed by atoms with Crippen molar-refractivity contribution in [3.63, 3.8) is 0 Å². The van der Waals surface area contributed by atoms with Gasteiger partial charge in [-0.15, -0.1) is 0 Å². The maximum Gasteiger partial charge on any atom is 0.416 e. The molecule has 1 nitrogen and oxygen atoms in total. The third kappa shape index (κ3) is 3.19. The topological polar surface area (TPSA) is 3.24 Å². The van der Waals surface area contributed by atoms with Crippen LogP contribution in [0.15, 0.2) is 78.9 Å². The fraction of sp³-hybridized carbons (Fsp3) is 0.167. The van der Waals surface area contributed by atoms with E-state index in [-0.39, 0.29) is 6.04 Å². The highest BCUT2D eigenvalue weighted by Gasteiger charge is 2.30. The molecule has 0 radical (unpaired) electrons. The Bertz CT molecular complexity index is 1130. The second-order valence-electron chi connectivity index (χ2n) is 7.17. The number of halogens is 3. The fourth-order valence-electron chi connectivity index (χ4n) is 3.76. The van der Waals surface area contributed by atoms with E-state index in [1.165, 1.54) is 0 Å². The van der Waals surface area contributed by atoms with Crippen LogP contribution >= 0.6 is 0 Å². The zero-order chi connectivity index (χ0) is 19.9. The van der Waals surface area contributed by atoms with Gasteiger partial charge in [-0.25, -0.2) is 0 Å². The van der Waals surface area contributed by atoms with Crippen LogP contribution < -0.4 is 4.90 Å². The predicted octanol–water partition coefficient (Wildman–Crippen LogP) is 7.56. The molecule has 0 spiro atoms. The number of hydrogen-bond donors (Lipinski definition) is 0. The maximum absolute atomic E-state index is 13.0. The number of benzene rings is 4. The molecule has 0 atom stereocenters. The van der Waals surface area contributed by atoms with Crippen molar-refractivity contribution in [3.8, 4) is 0 Å². The Balaban J connectivity index is 1.94. The van der Waals surface area contributed by atoms with E-state index in [0.29, 0.717) is 0 Å². The van der Waals surface area contributed by atoms with Gasteiger partial charge in [0.25, 0.3) is 0 Å². The second kappa shape index (κ2) is 6.86. The number of alkyl halides is 3. The smallest absolute Gasteiger partial charge is 0.338 e. The summed E-state index contributed by atoms with van der Waals surface area (Å²) < 4.78 is 38.9. The lowest BCUT2D eigenvalue weighted by molar-refractivity contribution is -0.137. The summed E-state index contributed by atoms with van der Waals surface area (Å²) in [7, 11) is 0. The van der Waals surface area contributed by atoms with Crippen LogP contribution in [0.4, 0.5) is 24.5 Å². The van der Waals surface area contributed by atoms with Gasteiger partial charge in [0.15, 0.2) is 0 Å². The zero-order valence-electron chi connectivity index (χ0n) is 15.7. The molecule has 4 rings (SSSR count). The lowest BCUT2D eigenvalue weighted by Crippen LogP contribution is -2.25. The molecule has 0 aliphatic carbocycles. The van der Waals surface area contributed by atoms with Crippen molar-refractivity contribution in [1.82, 2.24) is 0 Å². The van der Waals surface area contributed by atoms with Crippen molar-refractivity contribution >= 4 is 32.9 Å². The molecule has 0 heterocycles. The van der Waals surface area contributed by atoms with Gasteiger partial charge in [0.1, 0.15) is 0 Å². The summed E-state index contributed by atoms with van der Waals surface area (Å²) in [5, 5.41) is 4.48. The molecule has 4 aromatic carbocycles. The molecule has 0 aromatic heterocycles. The van der Waals surface area contributed by atoms with Crippen molar-refractivity contribution in [2.45, 2.75) is 26.1 Å². The van der Waals surface area contributed by atoms with Gasteiger partial charge >= 0.3 is 6.18 Å². The highest BCUT2D eigenvalue weighted by atomic mass is 19.4. The highest BCUT2D eigenvalue weighted by molar-refractivity contribution is 6.13. The molecule has 0 unspecified atom stereocenters. The predicted molar refractivity (Wildman–Crippen MR) is 110 cm³/mol. The van der Waals surface area contributed by atoms with Gasteiger partial charge in [0.05, 0.1) is 5.56 Å². The van der Waals surface area contributed by atoms with Crippen molar-refractivity contribution in [1.29, 1.82) is 0 Å². The van der Waals surface area contributed by atoms with Gasteiger partial charge in [-0.05, 0) is 60.3 Å². The minimum Gasteiger partial charge on any atom is -0.338 e. The summed E-state index contributed by atoms with van der Waals surface area (Å²) in [5.74, 6) is 0. The lowest BCUT2D eigenvalue weighted by atomic mass is 9.98. The molecule has 4 aromatic rings. The Morgan fingerprint density at radius 1 is 0.714 bits per heavy atom. The number of fused-ring (bicyclic) bond motifs is 3. The summed E-state index contributed by atoms with van der Waals surface area (Å²) >= 11 is 0. The maximum atomic E-state index is 13.0. The first-order valence-corrected chi connectivity index (χ1v) is 9.23. The van der Waals surface area contributed by atoms with Gasteiger partial charge in [-0.1, -0.05) is 48.5 Å².